The van der Waals surface area contributed by atoms with Gasteiger partial charge in [0.2, 0.25) is 11.7 Å². The minimum Gasteiger partial charge on any atom is -0.329 e. The van der Waals surface area contributed by atoms with Gasteiger partial charge >= 0.3 is 18.2 Å². The van der Waals surface area contributed by atoms with E-state index < -0.39 is 36.5 Å². The third-order valence-electron chi connectivity index (χ3n) is 4.04. The molecule has 1 heterocycles. The Balaban J connectivity index is 2.07. The van der Waals surface area contributed by atoms with Crippen molar-refractivity contribution >= 4 is 5.91 Å². The smallest absolute Gasteiger partial charge is 0.329 e. The Morgan fingerprint density at radius 1 is 1.16 bits per heavy atom. The Hall–Kier alpha value is -2.63. The molecule has 0 saturated heterocycles. The number of rotatable bonds is 9. The SMILES string of the molecule is CCCON(Cc1ccc(-c2noc(C(F)(F)F)n2)cc1)C(=O)CC(C)CC(F)(F)F. The van der Waals surface area contributed by atoms with Crippen molar-refractivity contribution in [3.8, 4) is 11.4 Å². The van der Waals surface area contributed by atoms with Crippen molar-refractivity contribution in [3.63, 3.8) is 0 Å². The molecular weight excluding hydrogens is 432 g/mol. The van der Waals surface area contributed by atoms with Gasteiger partial charge in [-0.2, -0.15) is 31.3 Å². The van der Waals surface area contributed by atoms with E-state index in [9.17, 15) is 31.1 Å². The highest BCUT2D eigenvalue weighted by Crippen LogP contribution is 2.30. The fourth-order valence-electron chi connectivity index (χ4n) is 2.66. The lowest BCUT2D eigenvalue weighted by molar-refractivity contribution is -0.193. The molecule has 0 fully saturated rings. The molecule has 0 aliphatic carbocycles. The number of carbonyl (C=O) groups is 1. The summed E-state index contributed by atoms with van der Waals surface area (Å²) >= 11 is 0. The number of aromatic nitrogens is 2. The van der Waals surface area contributed by atoms with Gasteiger partial charge in [-0.25, -0.2) is 5.06 Å². The topological polar surface area (TPSA) is 68.5 Å². The van der Waals surface area contributed by atoms with Gasteiger partial charge in [-0.1, -0.05) is 43.3 Å². The van der Waals surface area contributed by atoms with Crippen LogP contribution in [0.1, 0.15) is 44.6 Å². The summed E-state index contributed by atoms with van der Waals surface area (Å²) in [6.45, 7) is 3.29. The lowest BCUT2D eigenvalue weighted by atomic mass is 10.0. The summed E-state index contributed by atoms with van der Waals surface area (Å²) in [6.07, 6.45) is -9.97. The second kappa shape index (κ2) is 10.1. The summed E-state index contributed by atoms with van der Waals surface area (Å²) in [5.74, 6) is -3.23. The molecule has 31 heavy (non-hydrogen) atoms. The van der Waals surface area contributed by atoms with Gasteiger partial charge in [-0.3, -0.25) is 9.63 Å². The fourth-order valence-corrected chi connectivity index (χ4v) is 2.66. The number of alkyl halides is 6. The second-order valence-electron chi connectivity index (χ2n) is 7.01. The van der Waals surface area contributed by atoms with Gasteiger partial charge in [0.25, 0.3) is 0 Å². The van der Waals surface area contributed by atoms with Crippen molar-refractivity contribution in [2.75, 3.05) is 6.61 Å². The molecule has 172 valence electrons. The first kappa shape index (κ1) is 24.6. The van der Waals surface area contributed by atoms with E-state index >= 15 is 0 Å². The first-order chi connectivity index (χ1) is 14.4. The molecule has 2 rings (SSSR count). The van der Waals surface area contributed by atoms with Crippen LogP contribution in [-0.4, -0.2) is 33.9 Å². The van der Waals surface area contributed by atoms with Crippen LogP contribution in [0.25, 0.3) is 11.4 Å². The molecule has 6 nitrogen and oxygen atoms in total. The van der Waals surface area contributed by atoms with E-state index in [1.54, 1.807) is 0 Å². The Morgan fingerprint density at radius 2 is 1.81 bits per heavy atom. The highest BCUT2D eigenvalue weighted by atomic mass is 19.4. The van der Waals surface area contributed by atoms with Crippen LogP contribution in [0.4, 0.5) is 26.3 Å². The number of nitrogens with zero attached hydrogens (tertiary/aromatic N) is 3. The molecule has 1 atom stereocenters. The molecule has 1 amide bonds. The summed E-state index contributed by atoms with van der Waals surface area (Å²) in [6, 6.07) is 5.92. The van der Waals surface area contributed by atoms with Gasteiger partial charge < -0.3 is 4.52 Å². The minimum atomic E-state index is -4.76. The first-order valence-corrected chi connectivity index (χ1v) is 9.39. The van der Waals surface area contributed by atoms with Gasteiger partial charge in [0.05, 0.1) is 13.2 Å². The van der Waals surface area contributed by atoms with Gasteiger partial charge in [0.15, 0.2) is 0 Å². The molecule has 0 aliphatic rings. The average Bonchev–Trinajstić information content (AvgIpc) is 3.14. The van der Waals surface area contributed by atoms with Crippen molar-refractivity contribution < 1.29 is 40.5 Å². The molecule has 0 N–H and O–H groups in total. The Morgan fingerprint density at radius 3 is 2.32 bits per heavy atom. The predicted molar refractivity (Wildman–Crippen MR) is 96.0 cm³/mol. The summed E-state index contributed by atoms with van der Waals surface area (Å²) in [5.41, 5.74) is 0.811. The standard InChI is InChI=1S/C19H21F6N3O3/c1-3-8-30-28(15(29)9-12(2)10-18(20,21)22)11-13-4-6-14(7-5-13)16-26-17(31-27-16)19(23,24)25/h4-7,12H,3,8-11H2,1-2H3. The third kappa shape index (κ3) is 7.85. The van der Waals surface area contributed by atoms with Crippen LogP contribution in [0.5, 0.6) is 0 Å². The van der Waals surface area contributed by atoms with Crippen LogP contribution in [0.2, 0.25) is 0 Å². The zero-order valence-electron chi connectivity index (χ0n) is 16.8. The maximum absolute atomic E-state index is 12.6. The van der Waals surface area contributed by atoms with Crippen LogP contribution in [0.15, 0.2) is 28.8 Å². The normalized spacial score (nSPS) is 13.3. The Labute approximate surface area is 174 Å². The molecule has 2 aromatic rings. The van der Waals surface area contributed by atoms with E-state index in [1.165, 1.54) is 31.2 Å². The fraction of sp³-hybridized carbons (Fsp3) is 0.526. The summed E-state index contributed by atoms with van der Waals surface area (Å²) in [4.78, 5) is 21.1. The predicted octanol–water partition coefficient (Wildman–Crippen LogP) is 5.40. The van der Waals surface area contributed by atoms with Crippen molar-refractivity contribution in [1.29, 1.82) is 0 Å². The second-order valence-corrected chi connectivity index (χ2v) is 7.01. The lowest BCUT2D eigenvalue weighted by Crippen LogP contribution is -2.32. The molecular formula is C19H21F6N3O3. The van der Waals surface area contributed by atoms with Crippen LogP contribution >= 0.6 is 0 Å². The molecule has 0 aliphatic heterocycles. The van der Waals surface area contributed by atoms with E-state index in [0.29, 0.717) is 12.0 Å². The third-order valence-corrected chi connectivity index (χ3v) is 4.04. The van der Waals surface area contributed by atoms with Crippen LogP contribution in [0, 0.1) is 5.92 Å². The molecule has 1 aromatic heterocycles. The van der Waals surface area contributed by atoms with Gasteiger partial charge in [-0.15, -0.1) is 0 Å². The van der Waals surface area contributed by atoms with E-state index in [1.807, 2.05) is 6.92 Å². The quantitative estimate of drug-likeness (QED) is 0.376. The number of hydrogen-bond acceptors (Lipinski definition) is 5. The van der Waals surface area contributed by atoms with E-state index in [0.717, 1.165) is 5.06 Å². The number of amides is 1. The van der Waals surface area contributed by atoms with Crippen molar-refractivity contribution in [2.45, 2.75) is 52.0 Å². The molecule has 1 unspecified atom stereocenters. The molecule has 0 bridgehead atoms. The van der Waals surface area contributed by atoms with E-state index in [4.69, 9.17) is 4.84 Å². The monoisotopic (exact) mass is 453 g/mol. The first-order valence-electron chi connectivity index (χ1n) is 9.39. The van der Waals surface area contributed by atoms with E-state index in [2.05, 4.69) is 14.7 Å². The molecule has 0 radical (unpaired) electrons. The average molecular weight is 453 g/mol. The van der Waals surface area contributed by atoms with Crippen molar-refractivity contribution in [3.05, 3.63) is 35.7 Å². The Kier molecular flexibility index (Phi) is 8.04. The highest BCUT2D eigenvalue weighted by Gasteiger charge is 2.38. The summed E-state index contributed by atoms with van der Waals surface area (Å²) in [5, 5.41) is 4.29. The number of carbonyl (C=O) groups excluding carboxylic acids is 1. The number of hydrogen-bond donors (Lipinski definition) is 0. The number of benzene rings is 1. The number of hydroxylamine groups is 2. The zero-order valence-corrected chi connectivity index (χ0v) is 16.8. The van der Waals surface area contributed by atoms with Crippen molar-refractivity contribution in [2.24, 2.45) is 5.92 Å². The Bertz CT molecular complexity index is 849. The molecule has 12 heteroatoms. The largest absolute Gasteiger partial charge is 0.471 e. The molecule has 0 saturated carbocycles. The maximum atomic E-state index is 12.6. The van der Waals surface area contributed by atoms with Crippen LogP contribution in [-0.2, 0) is 22.4 Å². The molecule has 0 spiro atoms. The summed E-state index contributed by atoms with van der Waals surface area (Å²) < 4.78 is 79.5. The minimum absolute atomic E-state index is 0.0438. The van der Waals surface area contributed by atoms with Crippen LogP contribution in [0.3, 0.4) is 0 Å². The van der Waals surface area contributed by atoms with Crippen molar-refractivity contribution in [1.82, 2.24) is 15.2 Å². The van der Waals surface area contributed by atoms with Crippen LogP contribution < -0.4 is 0 Å². The van der Waals surface area contributed by atoms with Gasteiger partial charge in [0.1, 0.15) is 0 Å². The lowest BCUT2D eigenvalue weighted by Gasteiger charge is -2.24. The van der Waals surface area contributed by atoms with Gasteiger partial charge in [0, 0.05) is 18.4 Å². The highest BCUT2D eigenvalue weighted by molar-refractivity contribution is 5.75. The summed E-state index contributed by atoms with van der Waals surface area (Å²) in [7, 11) is 0. The maximum Gasteiger partial charge on any atom is 0.471 e. The number of halogens is 6. The molecule has 1 aromatic carbocycles. The van der Waals surface area contributed by atoms with Gasteiger partial charge in [-0.05, 0) is 17.9 Å². The zero-order chi connectivity index (χ0) is 23.2. The van der Waals surface area contributed by atoms with E-state index in [-0.39, 0.29) is 31.0 Å².